The average molecular weight is 279 g/mol. The SMILES string of the molecule is CSc1cccc2sc(N3CCNC(=O)C3)nc12. The molecule has 1 aliphatic heterocycles. The molecule has 1 N–H and O–H groups in total. The molecule has 4 nitrogen and oxygen atoms in total. The number of thiazole rings is 1. The van der Waals surface area contributed by atoms with Crippen LogP contribution in [0, 0.1) is 0 Å². The molecule has 0 bridgehead atoms. The summed E-state index contributed by atoms with van der Waals surface area (Å²) in [5.74, 6) is 0.0746. The minimum absolute atomic E-state index is 0.0746. The minimum atomic E-state index is 0.0746. The van der Waals surface area contributed by atoms with E-state index in [0.29, 0.717) is 13.1 Å². The van der Waals surface area contributed by atoms with Crippen molar-refractivity contribution < 1.29 is 4.79 Å². The fraction of sp³-hybridized carbons (Fsp3) is 0.333. The Balaban J connectivity index is 2.00. The van der Waals surface area contributed by atoms with E-state index in [4.69, 9.17) is 0 Å². The van der Waals surface area contributed by atoms with Gasteiger partial charge in [-0.15, -0.1) is 11.8 Å². The molecule has 2 heterocycles. The summed E-state index contributed by atoms with van der Waals surface area (Å²) >= 11 is 3.36. The molecule has 0 unspecified atom stereocenters. The molecular weight excluding hydrogens is 266 g/mol. The van der Waals surface area contributed by atoms with Gasteiger partial charge in [-0.3, -0.25) is 4.79 Å². The first-order chi connectivity index (χ1) is 8.78. The van der Waals surface area contributed by atoms with E-state index in [1.165, 1.54) is 9.60 Å². The number of hydrogen-bond donors (Lipinski definition) is 1. The minimum Gasteiger partial charge on any atom is -0.353 e. The Morgan fingerprint density at radius 3 is 3.17 bits per heavy atom. The van der Waals surface area contributed by atoms with E-state index in [0.717, 1.165) is 17.2 Å². The molecule has 1 aliphatic rings. The number of anilines is 1. The second-order valence-electron chi connectivity index (χ2n) is 4.07. The molecule has 1 amide bonds. The zero-order valence-corrected chi connectivity index (χ0v) is 11.6. The maximum Gasteiger partial charge on any atom is 0.239 e. The lowest BCUT2D eigenvalue weighted by Gasteiger charge is -2.25. The first-order valence-corrected chi connectivity index (χ1v) is 7.77. The Morgan fingerprint density at radius 2 is 2.39 bits per heavy atom. The predicted molar refractivity (Wildman–Crippen MR) is 76.6 cm³/mol. The number of piperazine rings is 1. The molecule has 18 heavy (non-hydrogen) atoms. The molecular formula is C12H13N3OS2. The maximum atomic E-state index is 11.4. The van der Waals surface area contributed by atoms with Crippen molar-refractivity contribution in [3.05, 3.63) is 18.2 Å². The topological polar surface area (TPSA) is 45.2 Å². The van der Waals surface area contributed by atoms with Crippen molar-refractivity contribution in [3.63, 3.8) is 0 Å². The molecule has 0 aliphatic carbocycles. The summed E-state index contributed by atoms with van der Waals surface area (Å²) in [5.41, 5.74) is 1.05. The second-order valence-corrected chi connectivity index (χ2v) is 5.93. The fourth-order valence-electron chi connectivity index (χ4n) is 2.01. The number of thioether (sulfide) groups is 1. The van der Waals surface area contributed by atoms with Crippen LogP contribution in [0.2, 0.25) is 0 Å². The van der Waals surface area contributed by atoms with Crippen molar-refractivity contribution in [1.29, 1.82) is 0 Å². The summed E-state index contributed by atoms with van der Waals surface area (Å²) in [7, 11) is 0. The number of nitrogens with zero attached hydrogens (tertiary/aromatic N) is 2. The van der Waals surface area contributed by atoms with Crippen molar-refractivity contribution in [3.8, 4) is 0 Å². The van der Waals surface area contributed by atoms with Crippen LogP contribution in [0.25, 0.3) is 10.2 Å². The van der Waals surface area contributed by atoms with E-state index >= 15 is 0 Å². The summed E-state index contributed by atoms with van der Waals surface area (Å²) in [4.78, 5) is 19.3. The van der Waals surface area contributed by atoms with Gasteiger partial charge in [0, 0.05) is 18.0 Å². The van der Waals surface area contributed by atoms with Crippen LogP contribution in [-0.2, 0) is 4.79 Å². The molecule has 1 fully saturated rings. The van der Waals surface area contributed by atoms with Gasteiger partial charge in [0.1, 0.15) is 0 Å². The van der Waals surface area contributed by atoms with Crippen LogP contribution in [-0.4, -0.2) is 36.8 Å². The number of amides is 1. The third-order valence-electron chi connectivity index (χ3n) is 2.90. The van der Waals surface area contributed by atoms with E-state index in [-0.39, 0.29) is 5.91 Å². The van der Waals surface area contributed by atoms with Gasteiger partial charge in [0.05, 0.1) is 16.8 Å². The molecule has 0 saturated carbocycles. The van der Waals surface area contributed by atoms with E-state index in [9.17, 15) is 4.79 Å². The van der Waals surface area contributed by atoms with Gasteiger partial charge < -0.3 is 10.2 Å². The van der Waals surface area contributed by atoms with Crippen LogP contribution in [0.3, 0.4) is 0 Å². The zero-order chi connectivity index (χ0) is 12.5. The van der Waals surface area contributed by atoms with E-state index < -0.39 is 0 Å². The summed E-state index contributed by atoms with van der Waals surface area (Å²) in [6.07, 6.45) is 2.06. The molecule has 1 aromatic heterocycles. The average Bonchev–Trinajstić information content (AvgIpc) is 2.82. The van der Waals surface area contributed by atoms with Crippen molar-refractivity contribution in [2.45, 2.75) is 4.90 Å². The Labute approximate surface area is 113 Å². The first-order valence-electron chi connectivity index (χ1n) is 5.73. The number of hydrogen-bond acceptors (Lipinski definition) is 5. The first kappa shape index (κ1) is 11.8. The highest BCUT2D eigenvalue weighted by molar-refractivity contribution is 7.98. The Kier molecular flexibility index (Phi) is 3.13. The largest absolute Gasteiger partial charge is 0.353 e. The smallest absolute Gasteiger partial charge is 0.239 e. The Morgan fingerprint density at radius 1 is 1.50 bits per heavy atom. The molecule has 1 aromatic carbocycles. The van der Waals surface area contributed by atoms with Gasteiger partial charge in [-0.25, -0.2) is 4.98 Å². The number of benzene rings is 1. The van der Waals surface area contributed by atoms with Crippen LogP contribution in [0.1, 0.15) is 0 Å². The lowest BCUT2D eigenvalue weighted by molar-refractivity contribution is -0.120. The van der Waals surface area contributed by atoms with E-state index in [1.807, 2.05) is 4.90 Å². The molecule has 0 spiro atoms. The maximum absolute atomic E-state index is 11.4. The third-order valence-corrected chi connectivity index (χ3v) is 4.75. The van der Waals surface area contributed by atoms with Gasteiger partial charge >= 0.3 is 0 Å². The number of aromatic nitrogens is 1. The van der Waals surface area contributed by atoms with Gasteiger partial charge in [0.25, 0.3) is 0 Å². The number of carbonyl (C=O) groups is 1. The highest BCUT2D eigenvalue weighted by atomic mass is 32.2. The highest BCUT2D eigenvalue weighted by Gasteiger charge is 2.20. The van der Waals surface area contributed by atoms with Gasteiger partial charge in [-0.1, -0.05) is 17.4 Å². The Hall–Kier alpha value is -1.27. The second kappa shape index (κ2) is 4.78. The summed E-state index contributed by atoms with van der Waals surface area (Å²) in [6.45, 7) is 1.94. The van der Waals surface area contributed by atoms with Crippen molar-refractivity contribution in [2.75, 3.05) is 30.8 Å². The summed E-state index contributed by atoms with van der Waals surface area (Å²) < 4.78 is 1.18. The molecule has 6 heteroatoms. The Bertz CT molecular complexity index is 596. The monoisotopic (exact) mass is 279 g/mol. The normalized spacial score (nSPS) is 16.1. The number of nitrogens with one attached hydrogen (secondary N) is 1. The predicted octanol–water partition coefficient (Wildman–Crippen LogP) is 1.95. The van der Waals surface area contributed by atoms with Crippen LogP contribution < -0.4 is 10.2 Å². The van der Waals surface area contributed by atoms with Crippen molar-refractivity contribution in [2.24, 2.45) is 0 Å². The molecule has 1 saturated heterocycles. The summed E-state index contributed by atoms with van der Waals surface area (Å²) in [6, 6.07) is 6.22. The van der Waals surface area contributed by atoms with Crippen LogP contribution in [0.5, 0.6) is 0 Å². The van der Waals surface area contributed by atoms with Gasteiger partial charge in [-0.05, 0) is 18.4 Å². The quantitative estimate of drug-likeness (QED) is 0.854. The number of fused-ring (bicyclic) bond motifs is 1. The van der Waals surface area contributed by atoms with Gasteiger partial charge in [0.15, 0.2) is 5.13 Å². The molecule has 0 radical (unpaired) electrons. The van der Waals surface area contributed by atoms with Crippen LogP contribution >= 0.6 is 23.1 Å². The van der Waals surface area contributed by atoms with Gasteiger partial charge in [0.2, 0.25) is 5.91 Å². The highest BCUT2D eigenvalue weighted by Crippen LogP contribution is 2.34. The number of rotatable bonds is 2. The third kappa shape index (κ3) is 2.06. The van der Waals surface area contributed by atoms with Crippen molar-refractivity contribution in [1.82, 2.24) is 10.3 Å². The lowest BCUT2D eigenvalue weighted by atomic mass is 10.3. The molecule has 3 rings (SSSR count). The van der Waals surface area contributed by atoms with E-state index in [1.54, 1.807) is 23.1 Å². The van der Waals surface area contributed by atoms with Gasteiger partial charge in [-0.2, -0.15) is 0 Å². The fourth-order valence-corrected chi connectivity index (χ4v) is 3.66. The van der Waals surface area contributed by atoms with Crippen LogP contribution in [0.15, 0.2) is 23.1 Å². The molecule has 2 aromatic rings. The van der Waals surface area contributed by atoms with Crippen LogP contribution in [0.4, 0.5) is 5.13 Å². The standard InChI is InChI=1S/C12H13N3OS2/c1-17-8-3-2-4-9-11(8)14-12(18-9)15-6-5-13-10(16)7-15/h2-4H,5-7H2,1H3,(H,13,16). The lowest BCUT2D eigenvalue weighted by Crippen LogP contribution is -2.47. The van der Waals surface area contributed by atoms with Crippen molar-refractivity contribution >= 4 is 44.4 Å². The van der Waals surface area contributed by atoms with E-state index in [2.05, 4.69) is 34.8 Å². The number of para-hydroxylation sites is 1. The molecule has 94 valence electrons. The molecule has 0 atom stereocenters. The zero-order valence-electron chi connectivity index (χ0n) is 9.97. The number of carbonyl (C=O) groups excluding carboxylic acids is 1. The summed E-state index contributed by atoms with van der Waals surface area (Å²) in [5, 5.41) is 3.78.